The van der Waals surface area contributed by atoms with Crippen LogP contribution in [0.2, 0.25) is 0 Å². The van der Waals surface area contributed by atoms with E-state index >= 15 is 0 Å². The summed E-state index contributed by atoms with van der Waals surface area (Å²) in [6.07, 6.45) is 1.57. The molecule has 38 heavy (non-hydrogen) atoms. The van der Waals surface area contributed by atoms with E-state index in [1.165, 1.54) is 26.0 Å². The van der Waals surface area contributed by atoms with Crippen molar-refractivity contribution in [2.75, 3.05) is 0 Å². The van der Waals surface area contributed by atoms with Gasteiger partial charge in [-0.2, -0.15) is 0 Å². The zero-order valence-corrected chi connectivity index (χ0v) is 21.6. The number of carbonyl (C=O) groups is 4. The van der Waals surface area contributed by atoms with Gasteiger partial charge >= 0.3 is 11.9 Å². The summed E-state index contributed by atoms with van der Waals surface area (Å²) in [6, 6.07) is 7.46. The van der Waals surface area contributed by atoms with Gasteiger partial charge in [-0.15, -0.1) is 0 Å². The van der Waals surface area contributed by atoms with Gasteiger partial charge in [-0.1, -0.05) is 23.7 Å². The lowest BCUT2D eigenvalue weighted by molar-refractivity contribution is -0.383. The summed E-state index contributed by atoms with van der Waals surface area (Å²) in [5.74, 6) is -2.57. The van der Waals surface area contributed by atoms with Gasteiger partial charge in [0.2, 0.25) is 11.6 Å². The quantitative estimate of drug-likeness (QED) is 0.121. The van der Waals surface area contributed by atoms with E-state index in [0.29, 0.717) is 28.4 Å². The molecule has 0 fully saturated rings. The lowest BCUT2D eigenvalue weighted by Crippen LogP contribution is -2.12. The molecule has 1 aromatic heterocycles. The van der Waals surface area contributed by atoms with Crippen LogP contribution in [0.5, 0.6) is 0 Å². The second kappa shape index (κ2) is 11.5. The molecule has 0 aliphatic carbocycles. The van der Waals surface area contributed by atoms with Crippen molar-refractivity contribution in [3.63, 3.8) is 0 Å². The third kappa shape index (κ3) is 5.80. The van der Waals surface area contributed by atoms with Gasteiger partial charge in [0.15, 0.2) is 0 Å². The molecular weight excluding hydrogens is 496 g/mol. The van der Waals surface area contributed by atoms with Crippen LogP contribution in [0.25, 0.3) is 21.8 Å². The van der Waals surface area contributed by atoms with Gasteiger partial charge in [0.05, 0.1) is 4.92 Å². The Hall–Kier alpha value is -4.74. The second-order valence-corrected chi connectivity index (χ2v) is 8.56. The molecule has 0 aliphatic heterocycles. The SMILES string of the molecule is CCCCn1c2ccc(C(=O)/C(C)=N/OC(C)=O)cc2c2cc(C(=O)/C(C)=N/OC(C)=O)cc([N+](=O)[O-])c21. The van der Waals surface area contributed by atoms with E-state index in [1.807, 2.05) is 6.92 Å². The van der Waals surface area contributed by atoms with Crippen molar-refractivity contribution in [3.8, 4) is 0 Å². The van der Waals surface area contributed by atoms with Crippen molar-refractivity contribution in [2.24, 2.45) is 10.3 Å². The fourth-order valence-corrected chi connectivity index (χ4v) is 3.94. The Morgan fingerprint density at radius 1 is 0.868 bits per heavy atom. The van der Waals surface area contributed by atoms with Crippen LogP contribution < -0.4 is 0 Å². The Morgan fingerprint density at radius 3 is 1.95 bits per heavy atom. The normalized spacial score (nSPS) is 12.0. The van der Waals surface area contributed by atoms with E-state index in [-0.39, 0.29) is 28.2 Å². The average Bonchev–Trinajstić information content (AvgIpc) is 3.20. The summed E-state index contributed by atoms with van der Waals surface area (Å²) in [6.45, 7) is 7.47. The molecule has 1 heterocycles. The van der Waals surface area contributed by atoms with Crippen LogP contribution in [0.15, 0.2) is 40.6 Å². The number of benzene rings is 2. The molecule has 12 nitrogen and oxygen atoms in total. The molecule has 0 N–H and O–H groups in total. The van der Waals surface area contributed by atoms with Crippen LogP contribution in [0.3, 0.4) is 0 Å². The Labute approximate surface area is 217 Å². The third-order valence-electron chi connectivity index (χ3n) is 5.67. The summed E-state index contributed by atoms with van der Waals surface area (Å²) >= 11 is 0. The first-order valence-electron chi connectivity index (χ1n) is 11.7. The molecule has 0 saturated carbocycles. The van der Waals surface area contributed by atoms with E-state index in [0.717, 1.165) is 26.7 Å². The van der Waals surface area contributed by atoms with Crippen LogP contribution in [0.4, 0.5) is 5.69 Å². The number of aryl methyl sites for hydroxylation is 1. The van der Waals surface area contributed by atoms with Gasteiger partial charge in [0, 0.05) is 53.9 Å². The summed E-state index contributed by atoms with van der Waals surface area (Å²) in [4.78, 5) is 68.8. The summed E-state index contributed by atoms with van der Waals surface area (Å²) in [7, 11) is 0. The lowest BCUT2D eigenvalue weighted by Gasteiger charge is -2.08. The number of rotatable bonds is 10. The number of aromatic nitrogens is 1. The number of nitro groups is 1. The molecule has 3 aromatic rings. The van der Waals surface area contributed by atoms with Gasteiger partial charge < -0.3 is 14.2 Å². The maximum atomic E-state index is 13.0. The van der Waals surface area contributed by atoms with Gasteiger partial charge in [-0.05, 0) is 44.5 Å². The number of hydrogen-bond acceptors (Lipinski definition) is 10. The molecule has 0 unspecified atom stereocenters. The number of carbonyl (C=O) groups excluding carboxylic acids is 4. The highest BCUT2D eigenvalue weighted by molar-refractivity contribution is 6.46. The number of Topliss-reactive ketones (excluding diaryl/α,β-unsaturated/α-hetero) is 2. The topological polar surface area (TPSA) is 160 Å². The number of nitro benzene ring substituents is 1. The van der Waals surface area contributed by atoms with Crippen molar-refractivity contribution in [1.82, 2.24) is 4.57 Å². The van der Waals surface area contributed by atoms with Crippen LogP contribution in [0.1, 0.15) is 68.2 Å². The van der Waals surface area contributed by atoms with Crippen molar-refractivity contribution in [3.05, 3.63) is 51.6 Å². The van der Waals surface area contributed by atoms with E-state index in [2.05, 4.69) is 20.0 Å². The molecule has 0 radical (unpaired) electrons. The molecule has 0 bridgehead atoms. The van der Waals surface area contributed by atoms with Crippen molar-refractivity contribution in [2.45, 2.75) is 54.0 Å². The molecule has 0 amide bonds. The van der Waals surface area contributed by atoms with Gasteiger partial charge in [0.25, 0.3) is 5.69 Å². The average molecular weight is 523 g/mol. The first kappa shape index (κ1) is 27.8. The molecule has 0 saturated heterocycles. The standard InChI is InChI=1S/C26H26N4O8/c1-6-7-10-29-22-9-8-18(25(33)14(2)27-37-16(4)31)11-20(22)21-12-19(13-23(24(21)29)30(35)36)26(34)15(3)28-38-17(5)32/h8-9,11-13H,6-7,10H2,1-5H3/b27-14+,28-15+. The molecule has 0 spiro atoms. The van der Waals surface area contributed by atoms with Gasteiger partial charge in [-0.3, -0.25) is 19.7 Å². The zero-order chi connectivity index (χ0) is 28.1. The largest absolute Gasteiger partial charge is 0.335 e. The lowest BCUT2D eigenvalue weighted by atomic mass is 10.0. The predicted molar refractivity (Wildman–Crippen MR) is 139 cm³/mol. The number of non-ortho nitro benzene ring substituents is 1. The zero-order valence-electron chi connectivity index (χ0n) is 21.6. The first-order valence-corrected chi connectivity index (χ1v) is 11.7. The monoisotopic (exact) mass is 522 g/mol. The van der Waals surface area contributed by atoms with Crippen LogP contribution in [-0.2, 0) is 25.8 Å². The van der Waals surface area contributed by atoms with Gasteiger partial charge in [0.1, 0.15) is 16.9 Å². The smallest absolute Gasteiger partial charge is 0.331 e. The van der Waals surface area contributed by atoms with Gasteiger partial charge in [-0.25, -0.2) is 9.59 Å². The highest BCUT2D eigenvalue weighted by Crippen LogP contribution is 2.37. The summed E-state index contributed by atoms with van der Waals surface area (Å²) in [5, 5.41) is 20.1. The molecule has 0 atom stereocenters. The highest BCUT2D eigenvalue weighted by atomic mass is 16.7. The Morgan fingerprint density at radius 2 is 1.42 bits per heavy atom. The summed E-state index contributed by atoms with van der Waals surface area (Å²) in [5.41, 5.74) is 0.602. The minimum absolute atomic E-state index is 0.0310. The fourth-order valence-electron chi connectivity index (χ4n) is 3.94. The number of unbranched alkanes of at least 4 members (excludes halogenated alkanes) is 1. The number of oxime groups is 2. The minimum atomic E-state index is -0.720. The van der Waals surface area contributed by atoms with E-state index < -0.39 is 28.4 Å². The Kier molecular flexibility index (Phi) is 8.46. The maximum absolute atomic E-state index is 13.0. The van der Waals surface area contributed by atoms with Crippen molar-refractivity contribution in [1.29, 1.82) is 0 Å². The minimum Gasteiger partial charge on any atom is -0.335 e. The molecule has 3 rings (SSSR count). The maximum Gasteiger partial charge on any atom is 0.331 e. The van der Waals surface area contributed by atoms with E-state index in [1.54, 1.807) is 22.8 Å². The number of hydrogen-bond donors (Lipinski definition) is 0. The predicted octanol–water partition coefficient (Wildman–Crippen LogP) is 4.75. The molecule has 0 aliphatic rings. The molecule has 198 valence electrons. The van der Waals surface area contributed by atoms with Crippen molar-refractivity contribution >= 4 is 62.4 Å². The first-order chi connectivity index (χ1) is 18.0. The van der Waals surface area contributed by atoms with E-state index in [9.17, 15) is 29.3 Å². The summed E-state index contributed by atoms with van der Waals surface area (Å²) < 4.78 is 1.80. The van der Waals surface area contributed by atoms with E-state index in [4.69, 9.17) is 0 Å². The molecule has 12 heteroatoms. The third-order valence-corrected chi connectivity index (χ3v) is 5.67. The number of fused-ring (bicyclic) bond motifs is 3. The highest BCUT2D eigenvalue weighted by Gasteiger charge is 2.25. The number of nitrogens with zero attached hydrogens (tertiary/aromatic N) is 4. The van der Waals surface area contributed by atoms with Crippen LogP contribution in [0, 0.1) is 10.1 Å². The number of ketones is 2. The fraction of sp³-hybridized carbons (Fsp3) is 0.308. The molecule has 2 aromatic carbocycles. The van der Waals surface area contributed by atoms with Crippen LogP contribution in [-0.4, -0.2) is 44.4 Å². The van der Waals surface area contributed by atoms with Crippen LogP contribution >= 0.6 is 0 Å². The Bertz CT molecular complexity index is 1550. The Balaban J connectivity index is 2.31. The second-order valence-electron chi connectivity index (χ2n) is 8.56. The molecular formula is C26H26N4O8. The van der Waals surface area contributed by atoms with Crippen molar-refractivity contribution < 1.29 is 33.8 Å².